The van der Waals surface area contributed by atoms with Crippen LogP contribution in [0.4, 0.5) is 11.4 Å². The van der Waals surface area contributed by atoms with Crippen molar-refractivity contribution >= 4 is 23.3 Å². The topological polar surface area (TPSA) is 24.7 Å². The summed E-state index contributed by atoms with van der Waals surface area (Å²) in [5, 5.41) is 0. The van der Waals surface area contributed by atoms with E-state index in [2.05, 4.69) is 16.9 Å². The number of benzene rings is 2. The molecule has 0 bridgehead atoms. The molecule has 0 fully saturated rings. The fraction of sp³-hybridized carbons (Fsp3) is 0.222. The van der Waals surface area contributed by atoms with Gasteiger partial charge in [0.05, 0.1) is 17.1 Å². The van der Waals surface area contributed by atoms with Crippen LogP contribution in [-0.4, -0.2) is 11.9 Å². The van der Waals surface area contributed by atoms with Crippen LogP contribution in [0, 0.1) is 0 Å². The van der Waals surface area contributed by atoms with Crippen LogP contribution in [-0.2, 0) is 16.5 Å². The van der Waals surface area contributed by atoms with Crippen molar-refractivity contribution in [2.45, 2.75) is 26.2 Å². The molecule has 0 N–H and O–H groups in total. The van der Waals surface area contributed by atoms with Crippen molar-refractivity contribution in [1.82, 2.24) is 0 Å². The van der Waals surface area contributed by atoms with E-state index in [0.29, 0.717) is 0 Å². The second-order valence-electron chi connectivity index (χ2n) is 4.64. The first-order chi connectivity index (χ1) is 9.88. The van der Waals surface area contributed by atoms with Gasteiger partial charge in [-0.15, -0.1) is 0 Å². The summed E-state index contributed by atoms with van der Waals surface area (Å²) in [5.74, 6) is 0. The smallest absolute Gasteiger partial charge is 0.0633 e. The van der Waals surface area contributed by atoms with E-state index in [4.69, 9.17) is 0 Å². The van der Waals surface area contributed by atoms with E-state index in [1.807, 2.05) is 66.9 Å². The minimum atomic E-state index is 0. The zero-order valence-electron chi connectivity index (χ0n) is 12.2. The van der Waals surface area contributed by atoms with Gasteiger partial charge in [-0.1, -0.05) is 49.7 Å². The fourth-order valence-corrected chi connectivity index (χ4v) is 1.84. The average Bonchev–Trinajstić information content (AvgIpc) is 2.52. The van der Waals surface area contributed by atoms with E-state index in [9.17, 15) is 0 Å². The fourth-order valence-electron chi connectivity index (χ4n) is 1.84. The second kappa shape index (κ2) is 10.1. The third kappa shape index (κ3) is 6.51. The Morgan fingerprint density at radius 1 is 0.905 bits per heavy atom. The molecule has 112 valence electrons. The van der Waals surface area contributed by atoms with E-state index >= 15 is 0 Å². The maximum absolute atomic E-state index is 4.68. The normalized spacial score (nSPS) is 11.4. The molecule has 0 spiro atoms. The van der Waals surface area contributed by atoms with Crippen molar-refractivity contribution in [3.63, 3.8) is 0 Å². The summed E-state index contributed by atoms with van der Waals surface area (Å²) in [4.78, 5) is 9.18. The summed E-state index contributed by atoms with van der Waals surface area (Å²) in [6.45, 7) is 2.19. The molecule has 2 aromatic carbocycles. The molecule has 0 saturated heterocycles. The van der Waals surface area contributed by atoms with Gasteiger partial charge < -0.3 is 0 Å². The molecule has 0 aliphatic heterocycles. The third-order valence-corrected chi connectivity index (χ3v) is 2.93. The molecule has 2 nitrogen and oxygen atoms in total. The Kier molecular flexibility index (Phi) is 8.30. The van der Waals surface area contributed by atoms with Gasteiger partial charge in [-0.2, -0.15) is 0 Å². The molecule has 0 aromatic heterocycles. The maximum Gasteiger partial charge on any atom is 0.0633 e. The predicted molar refractivity (Wildman–Crippen MR) is 87.7 cm³/mol. The molecule has 0 amide bonds. The van der Waals surface area contributed by atoms with Gasteiger partial charge in [-0.3, -0.25) is 9.98 Å². The molecule has 0 atom stereocenters. The Balaban J connectivity index is 0.00000220. The van der Waals surface area contributed by atoms with Crippen LogP contribution in [0.15, 0.2) is 70.6 Å². The standard InChI is InChI=1S/C18H20N2.Ni/c1-2-3-10-18(20-17-13-8-5-9-14-17)15-19-16-11-6-4-7-12-16;/h4-9,11-15H,2-3,10H2,1H3;/b19-15+,20-18+;. The molecular formula is C18H20N2Ni. The third-order valence-electron chi connectivity index (χ3n) is 2.93. The molecule has 2 rings (SSSR count). The van der Waals surface area contributed by atoms with E-state index in [1.54, 1.807) is 0 Å². The van der Waals surface area contributed by atoms with Crippen LogP contribution in [0.5, 0.6) is 0 Å². The van der Waals surface area contributed by atoms with Gasteiger partial charge in [0.1, 0.15) is 0 Å². The molecule has 0 radical (unpaired) electrons. The number of hydrogen-bond acceptors (Lipinski definition) is 2. The monoisotopic (exact) mass is 322 g/mol. The number of para-hydroxylation sites is 2. The van der Waals surface area contributed by atoms with E-state index in [0.717, 1.165) is 36.3 Å². The SMILES string of the molecule is CCCCC(/C=N/c1ccccc1)=N\c1ccccc1.[Ni]. The average molecular weight is 323 g/mol. The Morgan fingerprint density at radius 3 is 2.05 bits per heavy atom. The number of aliphatic imine (C=N–C) groups is 2. The summed E-state index contributed by atoms with van der Waals surface area (Å²) in [6, 6.07) is 20.0. The minimum Gasteiger partial charge on any atom is -0.255 e. The van der Waals surface area contributed by atoms with Crippen LogP contribution in [0.1, 0.15) is 26.2 Å². The van der Waals surface area contributed by atoms with Gasteiger partial charge in [-0.25, -0.2) is 0 Å². The van der Waals surface area contributed by atoms with Crippen molar-refractivity contribution < 1.29 is 16.5 Å². The van der Waals surface area contributed by atoms with Gasteiger partial charge in [0.15, 0.2) is 0 Å². The minimum absolute atomic E-state index is 0. The van der Waals surface area contributed by atoms with Crippen molar-refractivity contribution in [1.29, 1.82) is 0 Å². The Bertz CT molecular complexity index is 562. The number of rotatable bonds is 6. The molecular weight excluding hydrogens is 303 g/mol. The summed E-state index contributed by atoms with van der Waals surface area (Å²) >= 11 is 0. The van der Waals surface area contributed by atoms with Crippen LogP contribution < -0.4 is 0 Å². The van der Waals surface area contributed by atoms with Gasteiger partial charge in [0.25, 0.3) is 0 Å². The number of unbranched alkanes of at least 4 members (excludes halogenated alkanes) is 1. The van der Waals surface area contributed by atoms with E-state index in [-0.39, 0.29) is 16.5 Å². The predicted octanol–water partition coefficient (Wildman–Crippen LogP) is 5.35. The van der Waals surface area contributed by atoms with Crippen molar-refractivity contribution in [3.8, 4) is 0 Å². The number of hydrogen-bond donors (Lipinski definition) is 0. The quantitative estimate of drug-likeness (QED) is 0.506. The number of nitrogens with zero attached hydrogens (tertiary/aromatic N) is 2. The maximum atomic E-state index is 4.68. The van der Waals surface area contributed by atoms with E-state index in [1.165, 1.54) is 0 Å². The summed E-state index contributed by atoms with van der Waals surface area (Å²) in [5.41, 5.74) is 2.98. The Labute approximate surface area is 137 Å². The second-order valence-corrected chi connectivity index (χ2v) is 4.64. The molecule has 0 aliphatic rings. The largest absolute Gasteiger partial charge is 0.255 e. The molecule has 0 aliphatic carbocycles. The molecule has 3 heteroatoms. The molecule has 21 heavy (non-hydrogen) atoms. The van der Waals surface area contributed by atoms with Gasteiger partial charge in [-0.05, 0) is 37.1 Å². The van der Waals surface area contributed by atoms with Crippen molar-refractivity contribution in [2.24, 2.45) is 9.98 Å². The molecule has 2 aromatic rings. The zero-order valence-corrected chi connectivity index (χ0v) is 13.2. The molecule has 0 unspecified atom stereocenters. The van der Waals surface area contributed by atoms with Gasteiger partial charge in [0.2, 0.25) is 0 Å². The van der Waals surface area contributed by atoms with Gasteiger partial charge >= 0.3 is 0 Å². The van der Waals surface area contributed by atoms with Gasteiger partial charge in [0, 0.05) is 22.7 Å². The Hall–Kier alpha value is -1.73. The van der Waals surface area contributed by atoms with Crippen LogP contribution in [0.2, 0.25) is 0 Å². The van der Waals surface area contributed by atoms with Crippen molar-refractivity contribution in [3.05, 3.63) is 60.7 Å². The summed E-state index contributed by atoms with van der Waals surface area (Å²) in [7, 11) is 0. The molecule has 0 saturated carbocycles. The summed E-state index contributed by atoms with van der Waals surface area (Å²) in [6.07, 6.45) is 5.14. The molecule has 0 heterocycles. The van der Waals surface area contributed by atoms with Crippen LogP contribution in [0.3, 0.4) is 0 Å². The first-order valence-corrected chi connectivity index (χ1v) is 7.10. The summed E-state index contributed by atoms with van der Waals surface area (Å²) < 4.78 is 0. The zero-order chi connectivity index (χ0) is 14.0. The van der Waals surface area contributed by atoms with Crippen LogP contribution in [0.25, 0.3) is 0 Å². The van der Waals surface area contributed by atoms with Crippen molar-refractivity contribution in [2.75, 3.05) is 0 Å². The van der Waals surface area contributed by atoms with Crippen LogP contribution >= 0.6 is 0 Å². The first kappa shape index (κ1) is 17.3. The first-order valence-electron chi connectivity index (χ1n) is 7.10. The Morgan fingerprint density at radius 2 is 1.48 bits per heavy atom. The van der Waals surface area contributed by atoms with E-state index < -0.39 is 0 Å².